The van der Waals surface area contributed by atoms with Gasteiger partial charge in [-0.2, -0.15) is 0 Å². The lowest BCUT2D eigenvalue weighted by molar-refractivity contribution is -0.144. The van der Waals surface area contributed by atoms with E-state index in [1.54, 1.807) is 6.07 Å². The molecule has 0 saturated carbocycles. The lowest BCUT2D eigenvalue weighted by Crippen LogP contribution is -2.10. The van der Waals surface area contributed by atoms with Crippen molar-refractivity contribution >= 4 is 11.9 Å². The van der Waals surface area contributed by atoms with Gasteiger partial charge in [0, 0.05) is 12.8 Å². The Morgan fingerprint density at radius 2 is 1.68 bits per heavy atom. The number of benzene rings is 1. The summed E-state index contributed by atoms with van der Waals surface area (Å²) in [7, 11) is 0. The van der Waals surface area contributed by atoms with Crippen LogP contribution in [-0.4, -0.2) is 18.5 Å². The smallest absolute Gasteiger partial charge is 0.311 e. The van der Waals surface area contributed by atoms with Crippen LogP contribution in [0, 0.1) is 13.8 Å². The molecule has 0 fully saturated rings. The van der Waals surface area contributed by atoms with Gasteiger partial charge in [0.2, 0.25) is 0 Å². The van der Waals surface area contributed by atoms with Crippen LogP contribution in [0.5, 0.6) is 5.75 Å². The summed E-state index contributed by atoms with van der Waals surface area (Å²) >= 11 is 0. The Labute approximate surface area is 132 Å². The second kappa shape index (κ2) is 9.98. The van der Waals surface area contributed by atoms with E-state index in [1.165, 1.54) is 0 Å². The number of ether oxygens (including phenoxy) is 2. The molecule has 4 nitrogen and oxygen atoms in total. The number of hydrogen-bond acceptors (Lipinski definition) is 4. The van der Waals surface area contributed by atoms with Crippen molar-refractivity contribution in [3.8, 4) is 5.75 Å². The number of esters is 2. The van der Waals surface area contributed by atoms with E-state index < -0.39 is 0 Å². The fourth-order valence-electron chi connectivity index (χ4n) is 1.95. The molecule has 0 aliphatic heterocycles. The predicted molar refractivity (Wildman–Crippen MR) is 85.9 cm³/mol. The predicted octanol–water partition coefficient (Wildman–Crippen LogP) is 4.11. The molecule has 0 atom stereocenters. The van der Waals surface area contributed by atoms with Crippen LogP contribution in [0.2, 0.25) is 0 Å². The topological polar surface area (TPSA) is 52.6 Å². The van der Waals surface area contributed by atoms with Gasteiger partial charge in [-0.05, 0) is 49.9 Å². The summed E-state index contributed by atoms with van der Waals surface area (Å²) in [6, 6.07) is 5.54. The van der Waals surface area contributed by atoms with Gasteiger partial charge in [-0.3, -0.25) is 9.59 Å². The average molecular weight is 306 g/mol. The summed E-state index contributed by atoms with van der Waals surface area (Å²) in [6.07, 6.45) is 4.00. The van der Waals surface area contributed by atoms with Crippen molar-refractivity contribution < 1.29 is 19.1 Å². The van der Waals surface area contributed by atoms with Crippen LogP contribution in [0.25, 0.3) is 0 Å². The Bertz CT molecular complexity index is 494. The van der Waals surface area contributed by atoms with Crippen LogP contribution in [0.4, 0.5) is 0 Å². The van der Waals surface area contributed by atoms with Gasteiger partial charge in [0.05, 0.1) is 6.61 Å². The largest absolute Gasteiger partial charge is 0.466 e. The third kappa shape index (κ3) is 7.25. The second-order valence-corrected chi connectivity index (χ2v) is 5.50. The highest BCUT2D eigenvalue weighted by molar-refractivity contribution is 5.74. The Hall–Kier alpha value is -1.84. The summed E-state index contributed by atoms with van der Waals surface area (Å²) < 4.78 is 10.3. The highest BCUT2D eigenvalue weighted by Gasteiger charge is 2.08. The van der Waals surface area contributed by atoms with Gasteiger partial charge in [0.15, 0.2) is 0 Å². The third-order valence-corrected chi connectivity index (χ3v) is 3.48. The molecule has 0 bridgehead atoms. The van der Waals surface area contributed by atoms with Crippen LogP contribution in [0.15, 0.2) is 18.2 Å². The molecule has 0 aromatic heterocycles. The zero-order valence-corrected chi connectivity index (χ0v) is 13.8. The van der Waals surface area contributed by atoms with Crippen molar-refractivity contribution in [3.05, 3.63) is 29.3 Å². The van der Waals surface area contributed by atoms with E-state index in [-0.39, 0.29) is 24.8 Å². The maximum absolute atomic E-state index is 11.7. The normalized spacial score (nSPS) is 10.3. The molecule has 0 saturated heterocycles. The van der Waals surface area contributed by atoms with Gasteiger partial charge in [0.1, 0.15) is 5.75 Å². The number of hydrogen-bond donors (Lipinski definition) is 0. The molecule has 0 radical (unpaired) electrons. The number of carbonyl (C=O) groups excluding carboxylic acids is 2. The zero-order chi connectivity index (χ0) is 16.4. The quantitative estimate of drug-likeness (QED) is 0.391. The first-order chi connectivity index (χ1) is 10.5. The minimum atomic E-state index is -0.318. The molecule has 0 aliphatic carbocycles. The van der Waals surface area contributed by atoms with Crippen molar-refractivity contribution in [2.45, 2.75) is 59.3 Å². The summed E-state index contributed by atoms with van der Waals surface area (Å²) in [5.74, 6) is -0.00707. The fourth-order valence-corrected chi connectivity index (χ4v) is 1.95. The minimum absolute atomic E-state index is 0.219. The van der Waals surface area contributed by atoms with Crippen LogP contribution >= 0.6 is 0 Å². The van der Waals surface area contributed by atoms with Gasteiger partial charge in [0.25, 0.3) is 0 Å². The molecule has 1 aromatic rings. The molecular weight excluding hydrogens is 280 g/mol. The molecule has 0 aliphatic rings. The molecule has 0 unspecified atom stereocenters. The van der Waals surface area contributed by atoms with Crippen molar-refractivity contribution in [2.75, 3.05) is 6.61 Å². The van der Waals surface area contributed by atoms with Crippen molar-refractivity contribution in [2.24, 2.45) is 0 Å². The SMILES string of the molecule is CCCCCOC(=O)CCCC(=O)Oc1ccc(C)c(C)c1. The first-order valence-electron chi connectivity index (χ1n) is 7.96. The number of rotatable bonds is 9. The van der Waals surface area contributed by atoms with Gasteiger partial charge in [-0.25, -0.2) is 0 Å². The highest BCUT2D eigenvalue weighted by Crippen LogP contribution is 2.17. The van der Waals surface area contributed by atoms with E-state index in [4.69, 9.17) is 9.47 Å². The van der Waals surface area contributed by atoms with Gasteiger partial charge >= 0.3 is 11.9 Å². The number of aryl methyl sites for hydroxylation is 2. The molecule has 22 heavy (non-hydrogen) atoms. The molecule has 4 heteroatoms. The Balaban J connectivity index is 2.20. The molecule has 1 aromatic carbocycles. The van der Waals surface area contributed by atoms with Gasteiger partial charge < -0.3 is 9.47 Å². The number of unbranched alkanes of at least 4 members (excludes halogenated alkanes) is 2. The van der Waals surface area contributed by atoms with E-state index in [2.05, 4.69) is 6.92 Å². The molecule has 0 heterocycles. The molecule has 122 valence electrons. The Kier molecular flexibility index (Phi) is 8.26. The van der Waals surface area contributed by atoms with E-state index in [1.807, 2.05) is 26.0 Å². The molecular formula is C18H26O4. The monoisotopic (exact) mass is 306 g/mol. The first-order valence-corrected chi connectivity index (χ1v) is 7.96. The van der Waals surface area contributed by atoms with E-state index in [0.717, 1.165) is 30.4 Å². The summed E-state index contributed by atoms with van der Waals surface area (Å²) in [5, 5.41) is 0. The van der Waals surface area contributed by atoms with Crippen LogP contribution in [0.3, 0.4) is 0 Å². The van der Waals surface area contributed by atoms with Gasteiger partial charge in [-0.1, -0.05) is 25.8 Å². The lowest BCUT2D eigenvalue weighted by atomic mass is 10.1. The van der Waals surface area contributed by atoms with Crippen molar-refractivity contribution in [1.82, 2.24) is 0 Å². The first kappa shape index (κ1) is 18.2. The molecule has 0 amide bonds. The fraction of sp³-hybridized carbons (Fsp3) is 0.556. The van der Waals surface area contributed by atoms with Crippen LogP contribution in [0.1, 0.15) is 56.6 Å². The summed E-state index contributed by atoms with van der Waals surface area (Å²) in [4.78, 5) is 23.2. The summed E-state index contributed by atoms with van der Waals surface area (Å²) in [6.45, 7) is 6.55. The Morgan fingerprint density at radius 1 is 0.955 bits per heavy atom. The zero-order valence-electron chi connectivity index (χ0n) is 13.8. The second-order valence-electron chi connectivity index (χ2n) is 5.50. The third-order valence-electron chi connectivity index (χ3n) is 3.48. The van der Waals surface area contributed by atoms with E-state index in [9.17, 15) is 9.59 Å². The molecule has 0 N–H and O–H groups in total. The molecule has 1 rings (SSSR count). The highest BCUT2D eigenvalue weighted by atomic mass is 16.5. The van der Waals surface area contributed by atoms with Crippen LogP contribution < -0.4 is 4.74 Å². The molecule has 0 spiro atoms. The Morgan fingerprint density at radius 3 is 2.36 bits per heavy atom. The van der Waals surface area contributed by atoms with Crippen molar-refractivity contribution in [1.29, 1.82) is 0 Å². The lowest BCUT2D eigenvalue weighted by Gasteiger charge is -2.07. The van der Waals surface area contributed by atoms with E-state index in [0.29, 0.717) is 18.8 Å². The maximum Gasteiger partial charge on any atom is 0.311 e. The number of carbonyl (C=O) groups is 2. The van der Waals surface area contributed by atoms with E-state index >= 15 is 0 Å². The maximum atomic E-state index is 11.7. The summed E-state index contributed by atoms with van der Waals surface area (Å²) in [5.41, 5.74) is 2.24. The van der Waals surface area contributed by atoms with Crippen molar-refractivity contribution in [3.63, 3.8) is 0 Å². The minimum Gasteiger partial charge on any atom is -0.466 e. The van der Waals surface area contributed by atoms with Gasteiger partial charge in [-0.15, -0.1) is 0 Å². The average Bonchev–Trinajstić information content (AvgIpc) is 2.47. The van der Waals surface area contributed by atoms with Crippen LogP contribution in [-0.2, 0) is 14.3 Å². The standard InChI is InChI=1S/C18H26O4/c1-4-5-6-12-21-17(19)8-7-9-18(20)22-16-11-10-14(2)15(3)13-16/h10-11,13H,4-9,12H2,1-3H3.